The van der Waals surface area contributed by atoms with Gasteiger partial charge in [-0.25, -0.2) is 0 Å². The van der Waals surface area contributed by atoms with Crippen molar-refractivity contribution in [2.75, 3.05) is 19.7 Å². The number of benzene rings is 2. The lowest BCUT2D eigenvalue weighted by atomic mass is 10.2. The Hall–Kier alpha value is -3.20. The van der Waals surface area contributed by atoms with Crippen LogP contribution in [0.5, 0.6) is 17.2 Å². The first-order chi connectivity index (χ1) is 13.7. The summed E-state index contributed by atoms with van der Waals surface area (Å²) in [5, 5.41) is 11.6. The third kappa shape index (κ3) is 4.04. The first kappa shape index (κ1) is 18.2. The molecule has 0 bridgehead atoms. The molecule has 1 amide bonds. The number of fused-ring (bicyclic) bond motifs is 1. The van der Waals surface area contributed by atoms with Gasteiger partial charge in [-0.2, -0.15) is 0 Å². The van der Waals surface area contributed by atoms with Crippen molar-refractivity contribution >= 4 is 17.7 Å². The minimum atomic E-state index is -0.0946. The Morgan fingerprint density at radius 2 is 2.14 bits per heavy atom. The number of thioether (sulfide) groups is 1. The van der Waals surface area contributed by atoms with Crippen LogP contribution in [0.2, 0.25) is 0 Å². The summed E-state index contributed by atoms with van der Waals surface area (Å²) in [6.45, 7) is 0.647. The van der Waals surface area contributed by atoms with E-state index in [2.05, 4.69) is 15.5 Å². The second-order valence-corrected chi connectivity index (χ2v) is 6.88. The van der Waals surface area contributed by atoms with E-state index in [4.69, 9.17) is 14.2 Å². The van der Waals surface area contributed by atoms with Gasteiger partial charge in [-0.3, -0.25) is 9.36 Å². The predicted molar refractivity (Wildman–Crippen MR) is 103 cm³/mol. The second kappa shape index (κ2) is 8.22. The summed E-state index contributed by atoms with van der Waals surface area (Å²) in [5.74, 6) is 2.30. The van der Waals surface area contributed by atoms with Crippen molar-refractivity contribution < 1.29 is 19.0 Å². The van der Waals surface area contributed by atoms with E-state index in [0.29, 0.717) is 17.5 Å². The van der Waals surface area contributed by atoms with E-state index in [-0.39, 0.29) is 18.5 Å². The largest absolute Gasteiger partial charge is 0.497 e. The molecule has 1 aliphatic rings. The molecule has 1 N–H and O–H groups in total. The highest BCUT2D eigenvalue weighted by molar-refractivity contribution is 7.99. The van der Waals surface area contributed by atoms with Crippen LogP contribution in [0.4, 0.5) is 0 Å². The number of aromatic nitrogens is 3. The molecular weight excluding hydrogens is 380 g/mol. The molecule has 0 radical (unpaired) electrons. The van der Waals surface area contributed by atoms with Crippen LogP contribution in [0.3, 0.4) is 0 Å². The molecule has 0 saturated carbocycles. The van der Waals surface area contributed by atoms with Crippen molar-refractivity contribution in [1.29, 1.82) is 0 Å². The lowest BCUT2D eigenvalue weighted by molar-refractivity contribution is -0.118. The van der Waals surface area contributed by atoms with E-state index in [1.807, 2.05) is 47.0 Å². The Labute approximate surface area is 165 Å². The lowest BCUT2D eigenvalue weighted by Crippen LogP contribution is -2.24. The van der Waals surface area contributed by atoms with Crippen molar-refractivity contribution in [3.05, 3.63) is 54.4 Å². The summed E-state index contributed by atoms with van der Waals surface area (Å²) in [7, 11) is 1.62. The Balaban J connectivity index is 1.33. The Morgan fingerprint density at radius 3 is 3.04 bits per heavy atom. The van der Waals surface area contributed by atoms with Gasteiger partial charge in [-0.15, -0.1) is 10.2 Å². The van der Waals surface area contributed by atoms with Gasteiger partial charge in [0, 0.05) is 12.6 Å². The summed E-state index contributed by atoms with van der Waals surface area (Å²) in [6, 6.07) is 13.2. The Morgan fingerprint density at radius 1 is 1.25 bits per heavy atom. The average Bonchev–Trinajstić information content (AvgIpc) is 3.39. The SMILES string of the molecule is COc1cccc(-n2cnnc2SCC(=O)NCc2ccc3c(c2)OCO3)c1. The van der Waals surface area contributed by atoms with E-state index < -0.39 is 0 Å². The van der Waals surface area contributed by atoms with E-state index in [1.54, 1.807) is 13.4 Å². The Kier molecular flexibility index (Phi) is 5.34. The highest BCUT2D eigenvalue weighted by atomic mass is 32.2. The monoisotopic (exact) mass is 398 g/mol. The summed E-state index contributed by atoms with van der Waals surface area (Å²) < 4.78 is 17.7. The fraction of sp³-hybridized carbons (Fsp3) is 0.211. The van der Waals surface area contributed by atoms with Crippen LogP contribution in [0, 0.1) is 0 Å². The van der Waals surface area contributed by atoms with Crippen LogP contribution in [-0.2, 0) is 11.3 Å². The summed E-state index contributed by atoms with van der Waals surface area (Å²) in [5.41, 5.74) is 1.81. The molecule has 8 nitrogen and oxygen atoms in total. The zero-order valence-corrected chi connectivity index (χ0v) is 15.9. The average molecular weight is 398 g/mol. The minimum Gasteiger partial charge on any atom is -0.497 e. The summed E-state index contributed by atoms with van der Waals surface area (Å²) in [6.07, 6.45) is 1.61. The molecule has 0 spiro atoms. The number of nitrogens with zero attached hydrogens (tertiary/aromatic N) is 3. The maximum absolute atomic E-state index is 12.2. The highest BCUT2D eigenvalue weighted by Crippen LogP contribution is 2.32. The first-order valence-electron chi connectivity index (χ1n) is 8.55. The third-order valence-electron chi connectivity index (χ3n) is 4.11. The molecule has 1 aliphatic heterocycles. The fourth-order valence-corrected chi connectivity index (χ4v) is 3.45. The van der Waals surface area contributed by atoms with Crippen LogP contribution in [0.1, 0.15) is 5.56 Å². The van der Waals surface area contributed by atoms with Crippen LogP contribution in [0.15, 0.2) is 53.9 Å². The second-order valence-electron chi connectivity index (χ2n) is 5.94. The molecule has 4 rings (SSSR count). The van der Waals surface area contributed by atoms with Gasteiger partial charge in [-0.05, 0) is 29.8 Å². The number of amides is 1. The topological polar surface area (TPSA) is 87.5 Å². The van der Waals surface area contributed by atoms with E-state index in [9.17, 15) is 4.79 Å². The van der Waals surface area contributed by atoms with Crippen molar-refractivity contribution in [3.8, 4) is 22.9 Å². The number of nitrogens with one attached hydrogen (secondary N) is 1. The number of ether oxygens (including phenoxy) is 3. The molecule has 2 heterocycles. The van der Waals surface area contributed by atoms with Crippen LogP contribution in [-0.4, -0.2) is 40.3 Å². The number of carbonyl (C=O) groups excluding carboxylic acids is 1. The molecule has 1 aromatic heterocycles. The van der Waals surface area contributed by atoms with Gasteiger partial charge in [0.1, 0.15) is 12.1 Å². The van der Waals surface area contributed by atoms with Crippen LogP contribution in [0.25, 0.3) is 5.69 Å². The normalized spacial score (nSPS) is 12.0. The molecule has 144 valence electrons. The van der Waals surface area contributed by atoms with E-state index >= 15 is 0 Å². The predicted octanol–water partition coefficient (Wildman–Crippen LogP) is 2.41. The number of methoxy groups -OCH3 is 1. The standard InChI is InChI=1S/C19H18N4O4S/c1-25-15-4-2-3-14(8-15)23-11-21-22-19(23)28-10-18(24)20-9-13-5-6-16-17(7-13)27-12-26-16/h2-8,11H,9-10,12H2,1H3,(H,20,24). The quantitative estimate of drug-likeness (QED) is 0.612. The van der Waals surface area contributed by atoms with Crippen LogP contribution < -0.4 is 19.5 Å². The van der Waals surface area contributed by atoms with Gasteiger partial charge >= 0.3 is 0 Å². The molecule has 0 atom stereocenters. The van der Waals surface area contributed by atoms with Crippen LogP contribution >= 0.6 is 11.8 Å². The minimum absolute atomic E-state index is 0.0946. The molecule has 0 saturated heterocycles. The Bertz CT molecular complexity index is 992. The number of carbonyl (C=O) groups is 1. The zero-order valence-electron chi connectivity index (χ0n) is 15.1. The third-order valence-corrected chi connectivity index (χ3v) is 5.05. The van der Waals surface area contributed by atoms with Crippen molar-refractivity contribution in [3.63, 3.8) is 0 Å². The molecule has 9 heteroatoms. The summed E-state index contributed by atoms with van der Waals surface area (Å²) >= 11 is 1.32. The fourth-order valence-electron chi connectivity index (χ4n) is 2.69. The van der Waals surface area contributed by atoms with Gasteiger partial charge in [-0.1, -0.05) is 23.9 Å². The van der Waals surface area contributed by atoms with E-state index in [1.165, 1.54) is 11.8 Å². The van der Waals surface area contributed by atoms with Crippen molar-refractivity contribution in [2.24, 2.45) is 0 Å². The highest BCUT2D eigenvalue weighted by Gasteiger charge is 2.14. The molecule has 0 fully saturated rings. The maximum Gasteiger partial charge on any atom is 0.231 e. The first-order valence-corrected chi connectivity index (χ1v) is 9.54. The van der Waals surface area contributed by atoms with Crippen molar-refractivity contribution in [1.82, 2.24) is 20.1 Å². The zero-order chi connectivity index (χ0) is 19.3. The number of hydrogen-bond donors (Lipinski definition) is 1. The van der Waals surface area contributed by atoms with Crippen molar-refractivity contribution in [2.45, 2.75) is 11.7 Å². The molecule has 0 aliphatic carbocycles. The maximum atomic E-state index is 12.2. The lowest BCUT2D eigenvalue weighted by Gasteiger charge is -2.08. The molecule has 2 aromatic carbocycles. The molecule has 0 unspecified atom stereocenters. The molecule has 3 aromatic rings. The van der Waals surface area contributed by atoms with Gasteiger partial charge in [0.15, 0.2) is 16.7 Å². The van der Waals surface area contributed by atoms with Gasteiger partial charge in [0.25, 0.3) is 0 Å². The van der Waals surface area contributed by atoms with Gasteiger partial charge < -0.3 is 19.5 Å². The number of hydrogen-bond acceptors (Lipinski definition) is 7. The molecular formula is C19H18N4O4S. The molecule has 28 heavy (non-hydrogen) atoms. The van der Waals surface area contributed by atoms with Gasteiger partial charge in [0.05, 0.1) is 18.6 Å². The summed E-state index contributed by atoms with van der Waals surface area (Å²) in [4.78, 5) is 12.2. The van der Waals surface area contributed by atoms with E-state index in [0.717, 1.165) is 22.7 Å². The van der Waals surface area contributed by atoms with Gasteiger partial charge in [0.2, 0.25) is 12.7 Å². The smallest absolute Gasteiger partial charge is 0.231 e. The number of rotatable bonds is 7.